The molecule has 0 amide bonds. The Morgan fingerprint density at radius 1 is 1.22 bits per heavy atom. The third-order valence-corrected chi connectivity index (χ3v) is 4.83. The summed E-state index contributed by atoms with van der Waals surface area (Å²) in [4.78, 5) is 2.54. The molecule has 0 aromatic carbocycles. The summed E-state index contributed by atoms with van der Waals surface area (Å²) in [5.74, 6) is 0. The molecule has 1 aliphatic carbocycles. The van der Waals surface area contributed by atoms with Crippen LogP contribution in [0.3, 0.4) is 0 Å². The van der Waals surface area contributed by atoms with Crippen LogP contribution >= 0.6 is 0 Å². The van der Waals surface area contributed by atoms with Crippen molar-refractivity contribution in [3.63, 3.8) is 0 Å². The summed E-state index contributed by atoms with van der Waals surface area (Å²) in [6.45, 7) is 8.23. The molecule has 1 heterocycles. The number of aliphatic hydroxyl groups excluding tert-OH is 1. The molecule has 0 radical (unpaired) electrons. The Hall–Kier alpha value is -0.120. The van der Waals surface area contributed by atoms with Crippen molar-refractivity contribution in [3.8, 4) is 0 Å². The molecule has 1 aliphatic heterocycles. The molecule has 2 N–H and O–H groups in total. The molecule has 1 atom stereocenters. The van der Waals surface area contributed by atoms with Crippen LogP contribution in [-0.2, 0) is 0 Å². The van der Waals surface area contributed by atoms with Gasteiger partial charge in [-0.3, -0.25) is 4.90 Å². The summed E-state index contributed by atoms with van der Waals surface area (Å²) in [6.07, 6.45) is 7.89. The van der Waals surface area contributed by atoms with Gasteiger partial charge in [-0.05, 0) is 50.5 Å². The average molecular weight is 254 g/mol. The molecule has 0 aromatic heterocycles. The summed E-state index contributed by atoms with van der Waals surface area (Å²) >= 11 is 0. The fourth-order valence-electron chi connectivity index (χ4n) is 3.50. The minimum absolute atomic E-state index is 0.298. The van der Waals surface area contributed by atoms with Crippen molar-refractivity contribution >= 4 is 0 Å². The lowest BCUT2D eigenvalue weighted by molar-refractivity contribution is 0.0829. The topological polar surface area (TPSA) is 35.5 Å². The van der Waals surface area contributed by atoms with Gasteiger partial charge >= 0.3 is 0 Å². The van der Waals surface area contributed by atoms with Gasteiger partial charge in [0.25, 0.3) is 0 Å². The lowest BCUT2D eigenvalue weighted by Crippen LogP contribution is -2.46. The third kappa shape index (κ3) is 3.94. The number of nitrogens with one attached hydrogen (secondary N) is 1. The lowest BCUT2D eigenvalue weighted by Gasteiger charge is -2.41. The molecule has 2 fully saturated rings. The van der Waals surface area contributed by atoms with E-state index in [0.717, 1.165) is 13.1 Å². The fraction of sp³-hybridized carbons (Fsp3) is 1.00. The van der Waals surface area contributed by atoms with Gasteiger partial charge in [0.1, 0.15) is 0 Å². The molecule has 0 aromatic rings. The summed E-state index contributed by atoms with van der Waals surface area (Å²) in [5, 5.41) is 12.9. The zero-order chi connectivity index (χ0) is 13.0. The van der Waals surface area contributed by atoms with Crippen molar-refractivity contribution in [2.24, 2.45) is 5.41 Å². The first kappa shape index (κ1) is 14.3. The summed E-state index contributed by atoms with van der Waals surface area (Å²) in [7, 11) is 0. The maximum atomic E-state index is 9.28. The number of hydrogen-bond acceptors (Lipinski definition) is 3. The first-order valence-corrected chi connectivity index (χ1v) is 7.69. The van der Waals surface area contributed by atoms with Gasteiger partial charge in [-0.2, -0.15) is 0 Å². The highest BCUT2D eigenvalue weighted by Crippen LogP contribution is 2.36. The van der Waals surface area contributed by atoms with E-state index in [9.17, 15) is 5.11 Å². The van der Waals surface area contributed by atoms with Crippen LogP contribution < -0.4 is 5.32 Å². The van der Waals surface area contributed by atoms with E-state index in [1.807, 2.05) is 0 Å². The number of rotatable bonds is 5. The van der Waals surface area contributed by atoms with Crippen LogP contribution in [-0.4, -0.2) is 48.3 Å². The van der Waals surface area contributed by atoms with E-state index in [2.05, 4.69) is 24.1 Å². The van der Waals surface area contributed by atoms with E-state index < -0.39 is 0 Å². The Kier molecular flexibility index (Phi) is 5.05. The van der Waals surface area contributed by atoms with E-state index in [4.69, 9.17) is 0 Å². The summed E-state index contributed by atoms with van der Waals surface area (Å²) in [6, 6.07) is 1.36. The van der Waals surface area contributed by atoms with Gasteiger partial charge in [0.05, 0.1) is 6.61 Å². The molecule has 3 nitrogen and oxygen atoms in total. The predicted octanol–water partition coefficient (Wildman–Crippen LogP) is 2.00. The van der Waals surface area contributed by atoms with Crippen molar-refractivity contribution in [1.29, 1.82) is 0 Å². The molecule has 106 valence electrons. The Labute approximate surface area is 112 Å². The van der Waals surface area contributed by atoms with E-state index in [1.165, 1.54) is 45.1 Å². The number of aliphatic hydroxyl groups is 1. The largest absolute Gasteiger partial charge is 0.395 e. The molecule has 1 saturated carbocycles. The lowest BCUT2D eigenvalue weighted by atomic mass is 9.75. The Bertz CT molecular complexity index is 239. The van der Waals surface area contributed by atoms with E-state index in [1.54, 1.807) is 0 Å². The first-order valence-electron chi connectivity index (χ1n) is 7.69. The van der Waals surface area contributed by atoms with Gasteiger partial charge in [-0.25, -0.2) is 0 Å². The van der Waals surface area contributed by atoms with Crippen LogP contribution in [0.25, 0.3) is 0 Å². The van der Waals surface area contributed by atoms with Crippen molar-refractivity contribution in [2.45, 2.75) is 64.5 Å². The molecule has 1 saturated heterocycles. The Morgan fingerprint density at radius 2 is 1.94 bits per heavy atom. The van der Waals surface area contributed by atoms with Crippen molar-refractivity contribution in [2.75, 3.05) is 26.2 Å². The zero-order valence-corrected chi connectivity index (χ0v) is 12.1. The van der Waals surface area contributed by atoms with Crippen LogP contribution in [0.15, 0.2) is 0 Å². The third-order valence-electron chi connectivity index (χ3n) is 4.83. The van der Waals surface area contributed by atoms with E-state index >= 15 is 0 Å². The minimum atomic E-state index is 0.298. The number of hydrogen-bond donors (Lipinski definition) is 2. The highest BCUT2D eigenvalue weighted by molar-refractivity contribution is 4.86. The molecular formula is C15H30N2O. The summed E-state index contributed by atoms with van der Waals surface area (Å²) < 4.78 is 0. The first-order chi connectivity index (χ1) is 8.61. The van der Waals surface area contributed by atoms with Crippen molar-refractivity contribution < 1.29 is 5.11 Å². The normalized spacial score (nSPS) is 29.0. The van der Waals surface area contributed by atoms with E-state index in [0.29, 0.717) is 24.1 Å². The van der Waals surface area contributed by atoms with Gasteiger partial charge in [-0.1, -0.05) is 13.8 Å². The second kappa shape index (κ2) is 6.36. The van der Waals surface area contributed by atoms with Crippen LogP contribution in [0.4, 0.5) is 0 Å². The zero-order valence-electron chi connectivity index (χ0n) is 12.1. The molecule has 2 rings (SSSR count). The van der Waals surface area contributed by atoms with Gasteiger partial charge in [0, 0.05) is 25.2 Å². The van der Waals surface area contributed by atoms with Crippen LogP contribution in [0.5, 0.6) is 0 Å². The van der Waals surface area contributed by atoms with Gasteiger partial charge in [-0.15, -0.1) is 0 Å². The van der Waals surface area contributed by atoms with Gasteiger partial charge in [0.2, 0.25) is 0 Å². The summed E-state index contributed by atoms with van der Waals surface area (Å²) in [5.41, 5.74) is 0.535. The van der Waals surface area contributed by atoms with E-state index in [-0.39, 0.29) is 0 Å². The second-order valence-corrected chi connectivity index (χ2v) is 6.91. The van der Waals surface area contributed by atoms with Crippen molar-refractivity contribution in [1.82, 2.24) is 10.2 Å². The minimum Gasteiger partial charge on any atom is -0.395 e. The number of nitrogens with zero attached hydrogens (tertiary/aromatic N) is 1. The molecule has 18 heavy (non-hydrogen) atoms. The Morgan fingerprint density at radius 3 is 2.50 bits per heavy atom. The molecule has 1 unspecified atom stereocenters. The van der Waals surface area contributed by atoms with Crippen LogP contribution in [0.1, 0.15) is 52.4 Å². The molecule has 3 heteroatoms. The van der Waals surface area contributed by atoms with Crippen molar-refractivity contribution in [3.05, 3.63) is 0 Å². The van der Waals surface area contributed by atoms with Crippen LogP contribution in [0.2, 0.25) is 0 Å². The molecule has 0 spiro atoms. The highest BCUT2D eigenvalue weighted by atomic mass is 16.3. The van der Waals surface area contributed by atoms with Crippen LogP contribution in [0, 0.1) is 5.41 Å². The highest BCUT2D eigenvalue weighted by Gasteiger charge is 2.31. The standard InChI is InChI=1S/C15H30N2O/c1-15(2)7-5-14(6-8-15)17(10-11-18)12-13-4-3-9-16-13/h13-14,16,18H,3-12H2,1-2H3. The molecular weight excluding hydrogens is 224 g/mol. The Balaban J connectivity index is 1.84. The van der Waals surface area contributed by atoms with Gasteiger partial charge in [0.15, 0.2) is 0 Å². The van der Waals surface area contributed by atoms with Gasteiger partial charge < -0.3 is 10.4 Å². The predicted molar refractivity (Wildman–Crippen MR) is 75.7 cm³/mol. The maximum absolute atomic E-state index is 9.28. The smallest absolute Gasteiger partial charge is 0.0558 e. The second-order valence-electron chi connectivity index (χ2n) is 6.91. The fourth-order valence-corrected chi connectivity index (χ4v) is 3.50. The average Bonchev–Trinajstić information content (AvgIpc) is 2.81. The molecule has 2 aliphatic rings. The SMILES string of the molecule is CC1(C)CCC(N(CCO)CC2CCCN2)CC1. The molecule has 0 bridgehead atoms. The monoisotopic (exact) mass is 254 g/mol. The maximum Gasteiger partial charge on any atom is 0.0558 e. The quantitative estimate of drug-likeness (QED) is 0.788.